The van der Waals surface area contributed by atoms with Gasteiger partial charge in [-0.1, -0.05) is 41.1 Å². The van der Waals surface area contributed by atoms with Crippen LogP contribution in [0, 0.1) is 11.3 Å². The van der Waals surface area contributed by atoms with Crippen molar-refractivity contribution in [1.29, 1.82) is 5.26 Å². The first kappa shape index (κ1) is 27.6. The third-order valence-electron chi connectivity index (χ3n) is 5.33. The SMILES string of the molecule is CCOC(=O)C1=C(C(F)(F)F)N=c2s/c(=C\c3ccc(OCC#N)c(Br)c3)c(=O)n2[C@H]1c1ccc(Cl)cc1. The second-order valence-corrected chi connectivity index (χ2v) is 10.1. The van der Waals surface area contributed by atoms with Crippen LogP contribution >= 0.6 is 38.9 Å². The molecule has 7 nitrogen and oxygen atoms in total. The summed E-state index contributed by atoms with van der Waals surface area (Å²) in [6.45, 7) is 1.13. The number of fused-ring (bicyclic) bond motifs is 1. The zero-order valence-electron chi connectivity index (χ0n) is 19.4. The van der Waals surface area contributed by atoms with Crippen LogP contribution in [0.15, 0.2) is 68.0 Å². The molecule has 1 aromatic heterocycles. The lowest BCUT2D eigenvalue weighted by Crippen LogP contribution is -2.41. The average molecular weight is 627 g/mol. The number of esters is 1. The summed E-state index contributed by atoms with van der Waals surface area (Å²) >= 11 is 10.1. The molecule has 0 saturated heterocycles. The molecule has 0 aliphatic carbocycles. The number of ether oxygens (including phenoxy) is 2. The first-order valence-corrected chi connectivity index (χ1v) is 12.9. The molecular weight excluding hydrogens is 611 g/mol. The summed E-state index contributed by atoms with van der Waals surface area (Å²) < 4.78 is 54.4. The van der Waals surface area contributed by atoms with Crippen molar-refractivity contribution >= 4 is 50.9 Å². The van der Waals surface area contributed by atoms with Gasteiger partial charge in [-0.05, 0) is 64.3 Å². The fourth-order valence-electron chi connectivity index (χ4n) is 3.79. The van der Waals surface area contributed by atoms with Crippen LogP contribution in [0.4, 0.5) is 13.2 Å². The minimum Gasteiger partial charge on any atom is -0.478 e. The molecule has 38 heavy (non-hydrogen) atoms. The van der Waals surface area contributed by atoms with Crippen LogP contribution < -0.4 is 19.6 Å². The standard InChI is InChI=1S/C25H16BrClF3N3O4S/c1-2-36-23(35)19-20(14-4-6-15(27)7-5-14)33-22(34)18(38-24(33)32-21(19)25(28,29)30)12-13-3-8-17(16(26)11-13)37-10-9-31/h3-8,11-12,20H,2,10H2,1H3/b18-12-/t20-/m0/s1. The Morgan fingerprint density at radius 3 is 2.61 bits per heavy atom. The minimum absolute atomic E-state index is 0.0898. The summed E-state index contributed by atoms with van der Waals surface area (Å²) in [6.07, 6.45) is -3.51. The van der Waals surface area contributed by atoms with E-state index in [4.69, 9.17) is 26.3 Å². The van der Waals surface area contributed by atoms with Crippen LogP contribution in [0.3, 0.4) is 0 Å². The number of benzene rings is 2. The van der Waals surface area contributed by atoms with Crippen LogP contribution in [-0.2, 0) is 9.53 Å². The molecule has 4 rings (SSSR count). The molecule has 1 atom stereocenters. The Kier molecular flexibility index (Phi) is 8.10. The maximum absolute atomic E-state index is 14.2. The molecule has 0 radical (unpaired) electrons. The van der Waals surface area contributed by atoms with Crippen molar-refractivity contribution in [3.8, 4) is 11.8 Å². The summed E-state index contributed by atoms with van der Waals surface area (Å²) in [5, 5.41) is 9.02. The minimum atomic E-state index is -4.99. The van der Waals surface area contributed by atoms with Gasteiger partial charge in [0.15, 0.2) is 17.1 Å². The molecule has 0 N–H and O–H groups in total. The van der Waals surface area contributed by atoms with Crippen LogP contribution in [0.1, 0.15) is 24.1 Å². The highest BCUT2D eigenvalue weighted by Crippen LogP contribution is 2.38. The van der Waals surface area contributed by atoms with Crippen molar-refractivity contribution in [3.05, 3.63) is 94.0 Å². The van der Waals surface area contributed by atoms with Gasteiger partial charge in [0, 0.05) is 5.02 Å². The maximum Gasteiger partial charge on any atom is 0.434 e. The smallest absolute Gasteiger partial charge is 0.434 e. The number of hydrogen-bond acceptors (Lipinski definition) is 7. The van der Waals surface area contributed by atoms with Crippen molar-refractivity contribution in [2.75, 3.05) is 13.2 Å². The largest absolute Gasteiger partial charge is 0.478 e. The van der Waals surface area contributed by atoms with Crippen LogP contribution in [-0.4, -0.2) is 29.9 Å². The van der Waals surface area contributed by atoms with E-state index in [-0.39, 0.29) is 28.1 Å². The zero-order chi connectivity index (χ0) is 27.6. The van der Waals surface area contributed by atoms with Crippen LogP contribution in [0.5, 0.6) is 5.75 Å². The molecule has 3 aromatic rings. The van der Waals surface area contributed by atoms with Crippen molar-refractivity contribution < 1.29 is 27.4 Å². The lowest BCUT2D eigenvalue weighted by Gasteiger charge is -2.26. The number of hydrogen-bond donors (Lipinski definition) is 0. The van der Waals surface area contributed by atoms with E-state index in [0.29, 0.717) is 20.8 Å². The summed E-state index contributed by atoms with van der Waals surface area (Å²) in [5.74, 6) is -0.823. The highest BCUT2D eigenvalue weighted by atomic mass is 79.9. The quantitative estimate of drug-likeness (QED) is 0.371. The summed E-state index contributed by atoms with van der Waals surface area (Å²) in [4.78, 5) is 29.9. The Balaban J connectivity index is 1.96. The number of carbonyl (C=O) groups excluding carboxylic acids is 1. The van der Waals surface area contributed by atoms with Gasteiger partial charge in [-0.3, -0.25) is 9.36 Å². The average Bonchev–Trinajstić information content (AvgIpc) is 3.17. The van der Waals surface area contributed by atoms with E-state index >= 15 is 0 Å². The van der Waals surface area contributed by atoms with Gasteiger partial charge in [-0.2, -0.15) is 18.4 Å². The van der Waals surface area contributed by atoms with Gasteiger partial charge in [0.2, 0.25) is 0 Å². The molecule has 0 unspecified atom stereocenters. The van der Waals surface area contributed by atoms with E-state index in [2.05, 4.69) is 20.9 Å². The van der Waals surface area contributed by atoms with Crippen molar-refractivity contribution in [2.45, 2.75) is 19.1 Å². The van der Waals surface area contributed by atoms with Gasteiger partial charge in [0.25, 0.3) is 5.56 Å². The van der Waals surface area contributed by atoms with Crippen LogP contribution in [0.25, 0.3) is 6.08 Å². The molecule has 13 heteroatoms. The molecule has 1 aliphatic heterocycles. The second kappa shape index (κ2) is 11.1. The maximum atomic E-state index is 14.2. The Bertz CT molecular complexity index is 1660. The number of thiazole rings is 1. The van der Waals surface area contributed by atoms with Crippen molar-refractivity contribution in [2.24, 2.45) is 4.99 Å². The first-order chi connectivity index (χ1) is 18.0. The molecule has 0 amide bonds. The Labute approximate surface area is 230 Å². The fraction of sp³-hybridized carbons (Fsp3) is 0.200. The van der Waals surface area contributed by atoms with E-state index < -0.39 is 35.0 Å². The molecule has 0 fully saturated rings. The van der Waals surface area contributed by atoms with E-state index in [9.17, 15) is 22.8 Å². The molecule has 1 aliphatic rings. The zero-order valence-corrected chi connectivity index (χ0v) is 22.5. The number of allylic oxidation sites excluding steroid dienone is 1. The predicted molar refractivity (Wildman–Crippen MR) is 137 cm³/mol. The molecule has 0 saturated carbocycles. The van der Waals surface area contributed by atoms with Gasteiger partial charge in [-0.25, -0.2) is 9.79 Å². The highest BCUT2D eigenvalue weighted by Gasteiger charge is 2.45. The van der Waals surface area contributed by atoms with E-state index in [1.807, 2.05) is 6.07 Å². The molecular formula is C25H16BrClF3N3O4S. The predicted octanol–water partition coefficient (Wildman–Crippen LogP) is 4.66. The number of rotatable bonds is 6. The summed E-state index contributed by atoms with van der Waals surface area (Å²) in [5.41, 5.74) is -2.09. The summed E-state index contributed by atoms with van der Waals surface area (Å²) in [6, 6.07) is 11.0. The number of nitriles is 1. The number of aromatic nitrogens is 1. The lowest BCUT2D eigenvalue weighted by atomic mass is 9.95. The third kappa shape index (κ3) is 5.55. The van der Waals surface area contributed by atoms with Gasteiger partial charge in [0.1, 0.15) is 11.8 Å². The monoisotopic (exact) mass is 625 g/mol. The van der Waals surface area contributed by atoms with Crippen molar-refractivity contribution in [1.82, 2.24) is 4.57 Å². The lowest BCUT2D eigenvalue weighted by molar-refractivity contribution is -0.140. The number of alkyl halides is 3. The second-order valence-electron chi connectivity index (χ2n) is 7.75. The van der Waals surface area contributed by atoms with Gasteiger partial charge in [0.05, 0.1) is 27.2 Å². The molecule has 196 valence electrons. The normalized spacial score (nSPS) is 15.5. The topological polar surface area (TPSA) is 93.7 Å². The molecule has 0 spiro atoms. The number of nitrogens with zero attached hydrogens (tertiary/aromatic N) is 3. The highest BCUT2D eigenvalue weighted by molar-refractivity contribution is 9.10. The molecule has 0 bridgehead atoms. The summed E-state index contributed by atoms with van der Waals surface area (Å²) in [7, 11) is 0. The van der Waals surface area contributed by atoms with Gasteiger partial charge in [-0.15, -0.1) is 0 Å². The van der Waals surface area contributed by atoms with Crippen LogP contribution in [0.2, 0.25) is 5.02 Å². The van der Waals surface area contributed by atoms with E-state index in [1.54, 1.807) is 18.2 Å². The van der Waals surface area contributed by atoms with Gasteiger partial charge < -0.3 is 9.47 Å². The molecule has 2 aromatic carbocycles. The number of carbonyl (C=O) groups is 1. The van der Waals surface area contributed by atoms with Crippen molar-refractivity contribution in [3.63, 3.8) is 0 Å². The first-order valence-electron chi connectivity index (χ1n) is 10.9. The fourth-order valence-corrected chi connectivity index (χ4v) is 5.42. The Morgan fingerprint density at radius 1 is 1.29 bits per heavy atom. The number of halogens is 5. The van der Waals surface area contributed by atoms with E-state index in [1.165, 1.54) is 37.3 Å². The van der Waals surface area contributed by atoms with E-state index in [0.717, 1.165) is 15.9 Å². The molecule has 2 heterocycles. The Morgan fingerprint density at radius 2 is 2.00 bits per heavy atom. The third-order valence-corrected chi connectivity index (χ3v) is 7.18. The Hall–Kier alpha value is -3.40. The van der Waals surface area contributed by atoms with Gasteiger partial charge >= 0.3 is 12.1 Å².